The predicted octanol–water partition coefficient (Wildman–Crippen LogP) is 5.63. The largest absolute Gasteiger partial charge is 0.301 e. The zero-order valence-corrected chi connectivity index (χ0v) is 16.6. The molecule has 2 aromatic heterocycles. The second-order valence-corrected chi connectivity index (χ2v) is 7.48. The molecule has 0 saturated carbocycles. The summed E-state index contributed by atoms with van der Waals surface area (Å²) in [5.41, 5.74) is 5.51. The van der Waals surface area contributed by atoms with E-state index in [9.17, 15) is 4.79 Å². The van der Waals surface area contributed by atoms with Crippen LogP contribution in [0.25, 0.3) is 16.4 Å². The number of azo groups is 1. The van der Waals surface area contributed by atoms with Crippen molar-refractivity contribution in [1.82, 2.24) is 14.8 Å². The highest BCUT2D eigenvalue weighted by Gasteiger charge is 2.15. The average molecular weight is 389 g/mol. The number of aryl methyl sites for hydroxylation is 3. The van der Waals surface area contributed by atoms with Gasteiger partial charge in [0.25, 0.3) is 0 Å². The minimum atomic E-state index is -0.265. The van der Waals surface area contributed by atoms with Crippen LogP contribution < -0.4 is 5.56 Å². The first-order valence-corrected chi connectivity index (χ1v) is 9.72. The molecule has 28 heavy (non-hydrogen) atoms. The van der Waals surface area contributed by atoms with E-state index in [0.717, 1.165) is 16.8 Å². The molecule has 0 aliphatic carbocycles. The van der Waals surface area contributed by atoms with Crippen molar-refractivity contribution >= 4 is 22.7 Å². The number of benzene rings is 2. The molecule has 7 heteroatoms. The van der Waals surface area contributed by atoms with Crippen LogP contribution in [0, 0.1) is 20.8 Å². The molecule has 0 aliphatic rings. The molecular formula is C21H19N5OS. The summed E-state index contributed by atoms with van der Waals surface area (Å²) in [4.78, 5) is 17.4. The van der Waals surface area contributed by atoms with Gasteiger partial charge in [-0.25, -0.2) is 4.98 Å². The van der Waals surface area contributed by atoms with Gasteiger partial charge >= 0.3 is 5.56 Å². The summed E-state index contributed by atoms with van der Waals surface area (Å²) in [7, 11) is 0. The quantitative estimate of drug-likeness (QED) is 0.459. The van der Waals surface area contributed by atoms with Gasteiger partial charge in [0.15, 0.2) is 5.69 Å². The number of H-pyrrole nitrogens is 1. The van der Waals surface area contributed by atoms with Crippen molar-refractivity contribution in [2.75, 3.05) is 0 Å². The number of hydrogen-bond acceptors (Lipinski definition) is 5. The Hall–Kier alpha value is -3.32. The summed E-state index contributed by atoms with van der Waals surface area (Å²) >= 11 is 1.40. The summed E-state index contributed by atoms with van der Waals surface area (Å²) in [6, 6.07) is 15.8. The van der Waals surface area contributed by atoms with Crippen molar-refractivity contribution < 1.29 is 0 Å². The predicted molar refractivity (Wildman–Crippen MR) is 112 cm³/mol. The standard InChI is InChI=1S/C21H19N5OS/c1-13-7-9-16(10-8-13)18-12-28-21(22-18)26-20(27)19(15(3)25-26)24-23-17-6-4-5-14(2)11-17/h4-12,25H,1-3H3. The van der Waals surface area contributed by atoms with E-state index in [1.165, 1.54) is 21.6 Å². The van der Waals surface area contributed by atoms with Gasteiger partial charge in [0.05, 0.1) is 17.1 Å². The van der Waals surface area contributed by atoms with Crippen LogP contribution in [0.5, 0.6) is 0 Å². The van der Waals surface area contributed by atoms with Crippen molar-refractivity contribution in [3.63, 3.8) is 0 Å². The molecular weight excluding hydrogens is 370 g/mol. The van der Waals surface area contributed by atoms with Crippen LogP contribution in [0.2, 0.25) is 0 Å². The Labute approximate surface area is 166 Å². The van der Waals surface area contributed by atoms with E-state index >= 15 is 0 Å². The lowest BCUT2D eigenvalue weighted by Crippen LogP contribution is -2.13. The van der Waals surface area contributed by atoms with Crippen LogP contribution in [-0.4, -0.2) is 14.8 Å². The van der Waals surface area contributed by atoms with Crippen molar-refractivity contribution in [2.24, 2.45) is 10.2 Å². The Kier molecular flexibility index (Phi) is 4.75. The van der Waals surface area contributed by atoms with Crippen molar-refractivity contribution in [1.29, 1.82) is 0 Å². The highest BCUT2D eigenvalue weighted by atomic mass is 32.1. The zero-order chi connectivity index (χ0) is 19.7. The molecule has 2 heterocycles. The molecule has 0 unspecified atom stereocenters. The molecule has 0 bridgehead atoms. The van der Waals surface area contributed by atoms with Gasteiger partial charge in [-0.15, -0.1) is 16.5 Å². The van der Waals surface area contributed by atoms with E-state index < -0.39 is 0 Å². The third-order valence-electron chi connectivity index (χ3n) is 4.34. The Morgan fingerprint density at radius 3 is 2.54 bits per heavy atom. The molecule has 4 aromatic rings. The molecule has 0 aliphatic heterocycles. The maximum absolute atomic E-state index is 12.8. The van der Waals surface area contributed by atoms with E-state index in [-0.39, 0.29) is 11.2 Å². The lowest BCUT2D eigenvalue weighted by atomic mass is 10.1. The maximum atomic E-state index is 12.8. The minimum Gasteiger partial charge on any atom is -0.291 e. The fraction of sp³-hybridized carbons (Fsp3) is 0.143. The van der Waals surface area contributed by atoms with Gasteiger partial charge in [0.2, 0.25) is 5.13 Å². The van der Waals surface area contributed by atoms with Gasteiger partial charge in [0, 0.05) is 10.9 Å². The maximum Gasteiger partial charge on any atom is 0.301 e. The number of aromatic nitrogens is 3. The van der Waals surface area contributed by atoms with Gasteiger partial charge in [-0.05, 0) is 38.5 Å². The fourth-order valence-corrected chi connectivity index (χ4v) is 3.60. The van der Waals surface area contributed by atoms with Gasteiger partial charge in [-0.2, -0.15) is 9.80 Å². The second kappa shape index (κ2) is 7.36. The molecule has 4 rings (SSSR count). The van der Waals surface area contributed by atoms with E-state index in [0.29, 0.717) is 16.5 Å². The highest BCUT2D eigenvalue weighted by Crippen LogP contribution is 2.25. The van der Waals surface area contributed by atoms with Gasteiger partial charge < -0.3 is 0 Å². The van der Waals surface area contributed by atoms with E-state index in [1.54, 1.807) is 6.92 Å². The highest BCUT2D eigenvalue weighted by molar-refractivity contribution is 7.12. The molecule has 2 aromatic carbocycles. The smallest absolute Gasteiger partial charge is 0.291 e. The SMILES string of the molecule is Cc1ccc(-c2csc(-n3[nH]c(C)c(N=Nc4cccc(C)c4)c3=O)n2)cc1. The Morgan fingerprint density at radius 1 is 1.00 bits per heavy atom. The van der Waals surface area contributed by atoms with Crippen LogP contribution >= 0.6 is 11.3 Å². The number of nitrogens with one attached hydrogen (secondary N) is 1. The average Bonchev–Trinajstić information content (AvgIpc) is 3.26. The van der Waals surface area contributed by atoms with Crippen LogP contribution in [-0.2, 0) is 0 Å². The Bertz CT molecular complexity index is 1210. The zero-order valence-electron chi connectivity index (χ0n) is 15.8. The third kappa shape index (κ3) is 3.57. The molecule has 0 radical (unpaired) electrons. The Morgan fingerprint density at radius 2 is 1.79 bits per heavy atom. The Balaban J connectivity index is 1.66. The molecule has 0 saturated heterocycles. The van der Waals surface area contributed by atoms with Gasteiger partial charge in [0.1, 0.15) is 0 Å². The monoisotopic (exact) mass is 389 g/mol. The number of thiazole rings is 1. The fourth-order valence-electron chi connectivity index (χ4n) is 2.81. The number of hydrogen-bond donors (Lipinski definition) is 1. The lowest BCUT2D eigenvalue weighted by Gasteiger charge is -1.97. The number of aromatic amines is 1. The molecule has 140 valence electrons. The molecule has 0 fully saturated rings. The van der Waals surface area contributed by atoms with Crippen molar-refractivity contribution in [3.05, 3.63) is 81.1 Å². The number of nitrogens with zero attached hydrogens (tertiary/aromatic N) is 4. The summed E-state index contributed by atoms with van der Waals surface area (Å²) < 4.78 is 1.42. The molecule has 0 atom stereocenters. The van der Waals surface area contributed by atoms with Crippen LogP contribution in [0.1, 0.15) is 16.8 Å². The normalized spacial score (nSPS) is 11.4. The van der Waals surface area contributed by atoms with E-state index in [1.807, 2.05) is 67.8 Å². The van der Waals surface area contributed by atoms with Gasteiger partial charge in [-0.3, -0.25) is 9.89 Å². The lowest BCUT2D eigenvalue weighted by molar-refractivity contribution is 0.827. The van der Waals surface area contributed by atoms with Crippen LogP contribution in [0.3, 0.4) is 0 Å². The minimum absolute atomic E-state index is 0.265. The van der Waals surface area contributed by atoms with E-state index in [2.05, 4.69) is 20.3 Å². The number of rotatable bonds is 4. The summed E-state index contributed by atoms with van der Waals surface area (Å²) in [5.74, 6) is 0. The molecule has 1 N–H and O–H groups in total. The van der Waals surface area contributed by atoms with Crippen LogP contribution in [0.4, 0.5) is 11.4 Å². The van der Waals surface area contributed by atoms with Crippen LogP contribution in [0.15, 0.2) is 68.9 Å². The van der Waals surface area contributed by atoms with Gasteiger partial charge in [-0.1, -0.05) is 42.0 Å². The summed E-state index contributed by atoms with van der Waals surface area (Å²) in [6.07, 6.45) is 0. The first-order chi connectivity index (χ1) is 13.5. The molecule has 6 nitrogen and oxygen atoms in total. The summed E-state index contributed by atoms with van der Waals surface area (Å²) in [5, 5.41) is 13.9. The topological polar surface area (TPSA) is 75.4 Å². The van der Waals surface area contributed by atoms with Crippen molar-refractivity contribution in [2.45, 2.75) is 20.8 Å². The molecule has 0 spiro atoms. The summed E-state index contributed by atoms with van der Waals surface area (Å²) in [6.45, 7) is 5.84. The first kappa shape index (κ1) is 18.1. The molecule has 0 amide bonds. The van der Waals surface area contributed by atoms with E-state index in [4.69, 9.17) is 0 Å². The second-order valence-electron chi connectivity index (χ2n) is 6.65. The third-order valence-corrected chi connectivity index (χ3v) is 5.16. The van der Waals surface area contributed by atoms with Crippen molar-refractivity contribution in [3.8, 4) is 16.4 Å². The first-order valence-electron chi connectivity index (χ1n) is 8.84.